The van der Waals surface area contributed by atoms with Crippen molar-refractivity contribution in [3.63, 3.8) is 0 Å². The Balaban J connectivity index is 1.30. The van der Waals surface area contributed by atoms with Crippen molar-refractivity contribution < 1.29 is 19.1 Å². The largest absolute Gasteiger partial charge is 0.448 e. The van der Waals surface area contributed by atoms with Gasteiger partial charge in [0, 0.05) is 18.3 Å². The van der Waals surface area contributed by atoms with Gasteiger partial charge in [-0.05, 0) is 35.1 Å². The van der Waals surface area contributed by atoms with Gasteiger partial charge in [0.1, 0.15) is 12.4 Å². The molecule has 160 valence electrons. The number of benzene rings is 2. The summed E-state index contributed by atoms with van der Waals surface area (Å²) in [6, 6.07) is 16.4. The fourth-order valence-corrected chi connectivity index (χ4v) is 5.45. The van der Waals surface area contributed by atoms with E-state index < -0.39 is 0 Å². The summed E-state index contributed by atoms with van der Waals surface area (Å²) in [5, 5.41) is 0. The van der Waals surface area contributed by atoms with Gasteiger partial charge in [-0.2, -0.15) is 0 Å². The first kappa shape index (κ1) is 20.0. The van der Waals surface area contributed by atoms with Crippen molar-refractivity contribution in [3.8, 4) is 11.1 Å². The van der Waals surface area contributed by atoms with Gasteiger partial charge in [-0.25, -0.2) is 4.79 Å². The van der Waals surface area contributed by atoms with Crippen molar-refractivity contribution in [1.29, 1.82) is 0 Å². The monoisotopic (exact) mass is 417 g/mol. The van der Waals surface area contributed by atoms with E-state index >= 15 is 0 Å². The molecule has 31 heavy (non-hydrogen) atoms. The van der Waals surface area contributed by atoms with Crippen molar-refractivity contribution in [1.82, 2.24) is 4.90 Å². The van der Waals surface area contributed by atoms with Gasteiger partial charge >= 0.3 is 6.09 Å². The number of amides is 1. The maximum Gasteiger partial charge on any atom is 0.410 e. The van der Waals surface area contributed by atoms with Crippen LogP contribution in [0.3, 0.4) is 0 Å². The van der Waals surface area contributed by atoms with Crippen LogP contribution in [0.15, 0.2) is 61.2 Å². The lowest BCUT2D eigenvalue weighted by molar-refractivity contribution is -0.130. The van der Waals surface area contributed by atoms with Crippen LogP contribution in [0.4, 0.5) is 4.79 Å². The molecule has 5 heteroatoms. The number of nitrogens with zero attached hydrogens (tertiary/aromatic N) is 1. The second kappa shape index (κ2) is 8.31. The molecule has 0 N–H and O–H groups in total. The molecule has 0 radical (unpaired) electrons. The van der Waals surface area contributed by atoms with E-state index in [1.54, 1.807) is 6.08 Å². The van der Waals surface area contributed by atoms with E-state index in [1.165, 1.54) is 22.3 Å². The summed E-state index contributed by atoms with van der Waals surface area (Å²) >= 11 is 0. The highest BCUT2D eigenvalue weighted by molar-refractivity contribution is 5.83. The van der Waals surface area contributed by atoms with Gasteiger partial charge < -0.3 is 9.47 Å². The SMILES string of the molecule is C=CCC(=O)C1CC2COCC(C1)N2C(=O)OCC1c2ccccc2-c2ccccc21. The third kappa shape index (κ3) is 3.57. The molecule has 2 saturated heterocycles. The van der Waals surface area contributed by atoms with Gasteiger partial charge in [-0.3, -0.25) is 9.69 Å². The molecule has 5 nitrogen and oxygen atoms in total. The molecule has 2 unspecified atom stereocenters. The van der Waals surface area contributed by atoms with Gasteiger partial charge in [-0.15, -0.1) is 6.58 Å². The van der Waals surface area contributed by atoms with E-state index in [0.29, 0.717) is 39.1 Å². The van der Waals surface area contributed by atoms with Crippen molar-refractivity contribution in [2.75, 3.05) is 19.8 Å². The number of hydrogen-bond acceptors (Lipinski definition) is 4. The first-order chi connectivity index (χ1) is 15.2. The van der Waals surface area contributed by atoms with Crippen molar-refractivity contribution >= 4 is 11.9 Å². The number of Topliss-reactive ketones (excluding diaryl/α,β-unsaturated/α-hetero) is 1. The quantitative estimate of drug-likeness (QED) is 0.670. The highest BCUT2D eigenvalue weighted by Gasteiger charge is 2.44. The predicted molar refractivity (Wildman–Crippen MR) is 118 cm³/mol. The smallest absolute Gasteiger partial charge is 0.410 e. The average Bonchev–Trinajstić information content (AvgIpc) is 3.10. The van der Waals surface area contributed by atoms with Crippen LogP contribution >= 0.6 is 0 Å². The maximum absolute atomic E-state index is 13.1. The van der Waals surface area contributed by atoms with Crippen LogP contribution in [0, 0.1) is 5.92 Å². The van der Waals surface area contributed by atoms with E-state index in [9.17, 15) is 9.59 Å². The topological polar surface area (TPSA) is 55.8 Å². The average molecular weight is 418 g/mol. The molecular weight excluding hydrogens is 390 g/mol. The fraction of sp³-hybridized carbons (Fsp3) is 0.385. The van der Waals surface area contributed by atoms with E-state index in [1.807, 2.05) is 29.2 Å². The molecule has 0 aromatic heterocycles. The molecular formula is C26H27NO4. The molecule has 2 aromatic carbocycles. The first-order valence-corrected chi connectivity index (χ1v) is 11.0. The van der Waals surface area contributed by atoms with Crippen LogP contribution in [-0.2, 0) is 14.3 Å². The number of carbonyl (C=O) groups excluding carboxylic acids is 2. The molecule has 3 aliphatic rings. The Hall–Kier alpha value is -2.92. The number of piperidine rings is 1. The van der Waals surface area contributed by atoms with E-state index in [2.05, 4.69) is 30.8 Å². The molecule has 2 aliphatic heterocycles. The number of carbonyl (C=O) groups is 2. The number of fused-ring (bicyclic) bond motifs is 5. The molecule has 1 amide bonds. The Morgan fingerprint density at radius 2 is 1.58 bits per heavy atom. The molecule has 2 bridgehead atoms. The minimum atomic E-state index is -0.296. The zero-order valence-corrected chi connectivity index (χ0v) is 17.5. The van der Waals surface area contributed by atoms with Gasteiger partial charge in [0.2, 0.25) is 0 Å². The van der Waals surface area contributed by atoms with Crippen molar-refractivity contribution in [2.24, 2.45) is 5.92 Å². The molecule has 2 fully saturated rings. The minimum Gasteiger partial charge on any atom is -0.448 e. The molecule has 2 aromatic rings. The molecule has 1 aliphatic carbocycles. The van der Waals surface area contributed by atoms with Crippen LogP contribution < -0.4 is 0 Å². The second-order valence-electron chi connectivity index (χ2n) is 8.68. The summed E-state index contributed by atoms with van der Waals surface area (Å²) < 4.78 is 11.6. The lowest BCUT2D eigenvalue weighted by Crippen LogP contribution is -2.60. The van der Waals surface area contributed by atoms with E-state index in [0.717, 1.165) is 0 Å². The van der Waals surface area contributed by atoms with Gasteiger partial charge in [0.05, 0.1) is 25.3 Å². The highest BCUT2D eigenvalue weighted by Crippen LogP contribution is 2.44. The Bertz CT molecular complexity index is 956. The summed E-state index contributed by atoms with van der Waals surface area (Å²) in [6.45, 7) is 4.90. The van der Waals surface area contributed by atoms with E-state index in [4.69, 9.17) is 9.47 Å². The van der Waals surface area contributed by atoms with Crippen molar-refractivity contribution in [3.05, 3.63) is 72.3 Å². The fourth-order valence-electron chi connectivity index (χ4n) is 5.45. The Labute approximate surface area is 182 Å². The second-order valence-corrected chi connectivity index (χ2v) is 8.68. The van der Waals surface area contributed by atoms with Crippen molar-refractivity contribution in [2.45, 2.75) is 37.3 Å². The molecule has 0 spiro atoms. The molecule has 2 atom stereocenters. The Morgan fingerprint density at radius 1 is 1.00 bits per heavy atom. The standard InChI is InChI=1S/C26H27NO4/c1-2-7-25(28)17-12-18-14-30-15-19(13-17)27(18)26(29)31-16-24-22-10-5-3-8-20(22)21-9-4-6-11-23(21)24/h2-6,8-11,17-19,24H,1,7,12-16H2. The van der Waals surface area contributed by atoms with Crippen LogP contribution in [0.25, 0.3) is 11.1 Å². The normalized spacial score (nSPS) is 24.3. The van der Waals surface area contributed by atoms with E-state index in [-0.39, 0.29) is 35.8 Å². The van der Waals surface area contributed by atoms with Crippen LogP contribution in [-0.4, -0.2) is 48.7 Å². The van der Waals surface area contributed by atoms with Gasteiger partial charge in [0.25, 0.3) is 0 Å². The lowest BCUT2D eigenvalue weighted by atomic mass is 9.82. The zero-order valence-electron chi connectivity index (χ0n) is 17.5. The van der Waals surface area contributed by atoms with Gasteiger partial charge in [0.15, 0.2) is 0 Å². The number of allylic oxidation sites excluding steroid dienone is 1. The Morgan fingerprint density at radius 3 is 2.16 bits per heavy atom. The maximum atomic E-state index is 13.1. The number of ether oxygens (including phenoxy) is 2. The molecule has 5 rings (SSSR count). The Kier molecular flexibility index (Phi) is 5.36. The third-order valence-electron chi connectivity index (χ3n) is 6.87. The lowest BCUT2D eigenvalue weighted by Gasteiger charge is -2.47. The number of ketones is 1. The number of rotatable bonds is 5. The number of hydrogen-bond donors (Lipinski definition) is 0. The van der Waals surface area contributed by atoms with Crippen LogP contribution in [0.2, 0.25) is 0 Å². The van der Waals surface area contributed by atoms with Gasteiger partial charge in [-0.1, -0.05) is 54.6 Å². The third-order valence-corrected chi connectivity index (χ3v) is 6.87. The molecule has 2 heterocycles. The predicted octanol–water partition coefficient (Wildman–Crippen LogP) is 4.56. The summed E-state index contributed by atoms with van der Waals surface area (Å²) in [4.78, 5) is 27.4. The summed E-state index contributed by atoms with van der Waals surface area (Å²) in [5.41, 5.74) is 4.83. The summed E-state index contributed by atoms with van der Waals surface area (Å²) in [5.74, 6) is 0.216. The first-order valence-electron chi connectivity index (χ1n) is 11.0. The summed E-state index contributed by atoms with van der Waals surface area (Å²) in [7, 11) is 0. The zero-order chi connectivity index (χ0) is 21.4. The number of morpholine rings is 1. The highest BCUT2D eigenvalue weighted by atomic mass is 16.6. The molecule has 0 saturated carbocycles. The van der Waals surface area contributed by atoms with Crippen LogP contribution in [0.5, 0.6) is 0 Å². The summed E-state index contributed by atoms with van der Waals surface area (Å²) in [6.07, 6.45) is 3.01. The van der Waals surface area contributed by atoms with Crippen LogP contribution in [0.1, 0.15) is 36.3 Å². The minimum absolute atomic E-state index is 0.0328.